The fourth-order valence-corrected chi connectivity index (χ4v) is 3.02. The quantitative estimate of drug-likeness (QED) is 0.609. The lowest BCUT2D eigenvalue weighted by molar-refractivity contribution is 0.603. The molecule has 0 saturated heterocycles. The van der Waals surface area contributed by atoms with Crippen molar-refractivity contribution in [3.63, 3.8) is 0 Å². The van der Waals surface area contributed by atoms with Crippen LogP contribution in [-0.2, 0) is 9.84 Å². The van der Waals surface area contributed by atoms with Crippen molar-refractivity contribution in [3.05, 3.63) is 12.3 Å². The summed E-state index contributed by atoms with van der Waals surface area (Å²) >= 11 is 1.42. The van der Waals surface area contributed by atoms with Gasteiger partial charge in [0.05, 0.1) is 5.75 Å². The summed E-state index contributed by atoms with van der Waals surface area (Å²) in [6, 6.07) is 1.77. The standard InChI is InChI=1S/C9H15N3O2S2/c1-3-10-9-11-5-4-8(12-9)15-6-7-16(2,13)14/h4-5H,3,6-7H2,1-2H3,(H,10,11,12). The van der Waals surface area contributed by atoms with Crippen LogP contribution in [0.2, 0.25) is 0 Å². The third-order valence-corrected chi connectivity index (χ3v) is 3.80. The molecule has 0 aliphatic rings. The van der Waals surface area contributed by atoms with Crippen LogP contribution in [0.25, 0.3) is 0 Å². The van der Waals surface area contributed by atoms with E-state index in [1.54, 1.807) is 12.3 Å². The zero-order valence-corrected chi connectivity index (χ0v) is 10.9. The van der Waals surface area contributed by atoms with E-state index in [9.17, 15) is 8.42 Å². The van der Waals surface area contributed by atoms with E-state index in [1.807, 2.05) is 6.92 Å². The number of hydrogen-bond acceptors (Lipinski definition) is 6. The lowest BCUT2D eigenvalue weighted by Gasteiger charge is -2.03. The largest absolute Gasteiger partial charge is 0.354 e. The fraction of sp³-hybridized carbons (Fsp3) is 0.556. The summed E-state index contributed by atoms with van der Waals surface area (Å²) in [5, 5.41) is 3.79. The SMILES string of the molecule is CCNc1nccc(SCCS(C)(=O)=O)n1. The highest BCUT2D eigenvalue weighted by atomic mass is 32.2. The van der Waals surface area contributed by atoms with Crippen molar-refractivity contribution in [2.45, 2.75) is 11.9 Å². The van der Waals surface area contributed by atoms with Crippen LogP contribution in [0, 0.1) is 0 Å². The molecule has 90 valence electrons. The van der Waals surface area contributed by atoms with Crippen molar-refractivity contribution >= 4 is 27.5 Å². The van der Waals surface area contributed by atoms with Gasteiger partial charge in [0.2, 0.25) is 5.95 Å². The van der Waals surface area contributed by atoms with Crippen LogP contribution in [-0.4, -0.2) is 42.7 Å². The van der Waals surface area contributed by atoms with E-state index < -0.39 is 9.84 Å². The third-order valence-electron chi connectivity index (χ3n) is 1.67. The molecule has 5 nitrogen and oxygen atoms in total. The first-order chi connectivity index (χ1) is 7.51. The number of sulfone groups is 1. The van der Waals surface area contributed by atoms with Gasteiger partial charge < -0.3 is 5.32 Å². The summed E-state index contributed by atoms with van der Waals surface area (Å²) in [6.07, 6.45) is 2.89. The smallest absolute Gasteiger partial charge is 0.223 e. The molecule has 0 radical (unpaired) electrons. The van der Waals surface area contributed by atoms with Crippen molar-refractivity contribution in [2.24, 2.45) is 0 Å². The van der Waals surface area contributed by atoms with Crippen LogP contribution in [0.3, 0.4) is 0 Å². The van der Waals surface area contributed by atoms with Crippen LogP contribution in [0.15, 0.2) is 17.3 Å². The number of anilines is 1. The predicted octanol–water partition coefficient (Wildman–Crippen LogP) is 1.05. The first-order valence-electron chi connectivity index (χ1n) is 4.88. The molecule has 1 heterocycles. The molecule has 0 fully saturated rings. The second-order valence-corrected chi connectivity index (χ2v) is 6.60. The van der Waals surface area contributed by atoms with E-state index >= 15 is 0 Å². The first-order valence-corrected chi connectivity index (χ1v) is 7.93. The van der Waals surface area contributed by atoms with Gasteiger partial charge in [-0.25, -0.2) is 18.4 Å². The predicted molar refractivity (Wildman–Crippen MR) is 66.6 cm³/mol. The molecule has 0 atom stereocenters. The van der Waals surface area contributed by atoms with Crippen LogP contribution >= 0.6 is 11.8 Å². The summed E-state index contributed by atoms with van der Waals surface area (Å²) < 4.78 is 21.9. The normalized spacial score (nSPS) is 11.4. The molecule has 0 amide bonds. The number of aromatic nitrogens is 2. The molecule has 1 rings (SSSR count). The Labute approximate surface area is 100.0 Å². The Kier molecular flexibility index (Phi) is 5.01. The lowest BCUT2D eigenvalue weighted by Crippen LogP contribution is -2.06. The molecular weight excluding hydrogens is 246 g/mol. The second-order valence-electron chi connectivity index (χ2n) is 3.23. The van der Waals surface area contributed by atoms with Crippen LogP contribution in [0.1, 0.15) is 6.92 Å². The van der Waals surface area contributed by atoms with Gasteiger partial charge in [-0.15, -0.1) is 11.8 Å². The van der Waals surface area contributed by atoms with Gasteiger partial charge in [0.15, 0.2) is 0 Å². The molecule has 1 aromatic rings. The maximum absolute atomic E-state index is 10.9. The Balaban J connectivity index is 2.51. The molecule has 0 saturated carbocycles. The van der Waals surface area contributed by atoms with Crippen molar-refractivity contribution < 1.29 is 8.42 Å². The van der Waals surface area contributed by atoms with Gasteiger partial charge in [0.1, 0.15) is 14.9 Å². The van der Waals surface area contributed by atoms with Gasteiger partial charge in [-0.05, 0) is 13.0 Å². The first kappa shape index (κ1) is 13.2. The zero-order valence-electron chi connectivity index (χ0n) is 9.30. The second kappa shape index (κ2) is 6.05. The minimum Gasteiger partial charge on any atom is -0.354 e. The topological polar surface area (TPSA) is 72.0 Å². The Morgan fingerprint density at radius 3 is 2.88 bits per heavy atom. The molecule has 0 spiro atoms. The number of thioether (sulfide) groups is 1. The minimum atomic E-state index is -2.89. The van der Waals surface area contributed by atoms with Gasteiger partial charge in [-0.3, -0.25) is 0 Å². The van der Waals surface area contributed by atoms with Gasteiger partial charge in [0.25, 0.3) is 0 Å². The van der Waals surface area contributed by atoms with E-state index in [0.717, 1.165) is 11.6 Å². The summed E-state index contributed by atoms with van der Waals surface area (Å²) in [5.41, 5.74) is 0. The maximum Gasteiger partial charge on any atom is 0.223 e. The summed E-state index contributed by atoms with van der Waals surface area (Å²) in [4.78, 5) is 8.26. The summed E-state index contributed by atoms with van der Waals surface area (Å²) in [5.74, 6) is 1.26. The zero-order chi connectivity index (χ0) is 12.0. The molecular formula is C9H15N3O2S2. The monoisotopic (exact) mass is 261 g/mol. The summed E-state index contributed by atoms with van der Waals surface area (Å²) in [7, 11) is -2.89. The Morgan fingerprint density at radius 2 is 2.25 bits per heavy atom. The maximum atomic E-state index is 10.9. The van der Waals surface area contributed by atoms with E-state index in [4.69, 9.17) is 0 Å². The number of nitrogens with one attached hydrogen (secondary N) is 1. The van der Waals surface area contributed by atoms with Gasteiger partial charge in [0, 0.05) is 24.8 Å². The number of nitrogens with zero attached hydrogens (tertiary/aromatic N) is 2. The van der Waals surface area contributed by atoms with Crippen molar-refractivity contribution in [1.29, 1.82) is 0 Å². The average Bonchev–Trinajstić information content (AvgIpc) is 2.17. The van der Waals surface area contributed by atoms with Crippen molar-refractivity contribution in [3.8, 4) is 0 Å². The van der Waals surface area contributed by atoms with E-state index in [2.05, 4.69) is 15.3 Å². The van der Waals surface area contributed by atoms with E-state index in [-0.39, 0.29) is 5.75 Å². The number of hydrogen-bond donors (Lipinski definition) is 1. The average molecular weight is 261 g/mol. The molecule has 0 aliphatic carbocycles. The van der Waals surface area contributed by atoms with Crippen LogP contribution < -0.4 is 5.32 Å². The van der Waals surface area contributed by atoms with Crippen LogP contribution in [0.5, 0.6) is 0 Å². The van der Waals surface area contributed by atoms with E-state index in [1.165, 1.54) is 18.0 Å². The van der Waals surface area contributed by atoms with Gasteiger partial charge >= 0.3 is 0 Å². The minimum absolute atomic E-state index is 0.165. The highest BCUT2D eigenvalue weighted by molar-refractivity contribution is 8.00. The molecule has 16 heavy (non-hydrogen) atoms. The van der Waals surface area contributed by atoms with Gasteiger partial charge in [-0.1, -0.05) is 0 Å². The molecule has 7 heteroatoms. The van der Waals surface area contributed by atoms with Crippen molar-refractivity contribution in [1.82, 2.24) is 9.97 Å². The lowest BCUT2D eigenvalue weighted by atomic mass is 10.6. The molecule has 1 aromatic heterocycles. The molecule has 1 N–H and O–H groups in total. The highest BCUT2D eigenvalue weighted by Crippen LogP contribution is 2.15. The van der Waals surface area contributed by atoms with E-state index in [0.29, 0.717) is 11.7 Å². The Bertz CT molecular complexity index is 434. The summed E-state index contributed by atoms with van der Waals surface area (Å²) in [6.45, 7) is 2.73. The van der Waals surface area contributed by atoms with Crippen molar-refractivity contribution in [2.75, 3.05) is 29.6 Å². The number of rotatable bonds is 6. The Hall–Kier alpha value is -0.820. The molecule has 0 aromatic carbocycles. The molecule has 0 unspecified atom stereocenters. The third kappa shape index (κ3) is 5.32. The highest BCUT2D eigenvalue weighted by Gasteiger charge is 2.04. The van der Waals surface area contributed by atoms with Crippen LogP contribution in [0.4, 0.5) is 5.95 Å². The molecule has 0 aliphatic heterocycles. The fourth-order valence-electron chi connectivity index (χ4n) is 0.963. The molecule has 0 bridgehead atoms. The Morgan fingerprint density at radius 1 is 1.50 bits per heavy atom. The van der Waals surface area contributed by atoms with Gasteiger partial charge in [-0.2, -0.15) is 0 Å².